The van der Waals surface area contributed by atoms with Crippen LogP contribution in [-0.2, 0) is 9.53 Å². The fourth-order valence-electron chi connectivity index (χ4n) is 5.22. The smallest absolute Gasteiger partial charge is 0.228 e. The molecule has 10 heteroatoms. The number of nitrogens with two attached hydrogens (primary N) is 1. The minimum atomic E-state index is -0.151. The molecule has 0 unspecified atom stereocenters. The Bertz CT molecular complexity index is 1200. The normalized spacial score (nSPS) is 21.4. The summed E-state index contributed by atoms with van der Waals surface area (Å²) >= 11 is 12.5. The van der Waals surface area contributed by atoms with Crippen molar-refractivity contribution in [1.29, 1.82) is 5.26 Å². The lowest BCUT2D eigenvalue weighted by atomic mass is 9.73. The number of nitriles is 1. The van der Waals surface area contributed by atoms with Crippen LogP contribution in [0.5, 0.6) is 0 Å². The summed E-state index contributed by atoms with van der Waals surface area (Å²) in [6.07, 6.45) is 2.00. The predicted molar refractivity (Wildman–Crippen MR) is 142 cm³/mol. The molecule has 3 heterocycles. The Hall–Kier alpha value is -2.60. The number of anilines is 2. The number of rotatable bonds is 4. The Kier molecular flexibility index (Phi) is 7.38. The van der Waals surface area contributed by atoms with Gasteiger partial charge in [0.2, 0.25) is 11.9 Å². The number of benzene rings is 1. The second-order valence-electron chi connectivity index (χ2n) is 11.0. The van der Waals surface area contributed by atoms with Gasteiger partial charge in [-0.15, -0.1) is 0 Å². The molecule has 2 saturated heterocycles. The number of aromatic nitrogens is 2. The van der Waals surface area contributed by atoms with Gasteiger partial charge in [0.05, 0.1) is 34.4 Å². The minimum Gasteiger partial charge on any atom is -0.383 e. The first kappa shape index (κ1) is 26.5. The summed E-state index contributed by atoms with van der Waals surface area (Å²) in [7, 11) is 0. The number of nitrogens with one attached hydrogen (secondary N) is 1. The van der Waals surface area contributed by atoms with Gasteiger partial charge in [0.15, 0.2) is 5.69 Å². The van der Waals surface area contributed by atoms with Crippen LogP contribution >= 0.6 is 23.2 Å². The van der Waals surface area contributed by atoms with Crippen LogP contribution < -0.4 is 16.0 Å². The van der Waals surface area contributed by atoms with E-state index in [0.717, 1.165) is 12.8 Å². The zero-order valence-corrected chi connectivity index (χ0v) is 22.6. The van der Waals surface area contributed by atoms with Crippen LogP contribution in [0.15, 0.2) is 18.2 Å². The summed E-state index contributed by atoms with van der Waals surface area (Å²) in [4.78, 5) is 23.8. The van der Waals surface area contributed by atoms with Crippen LogP contribution in [0.1, 0.15) is 52.7 Å². The van der Waals surface area contributed by atoms with Gasteiger partial charge in [-0.1, -0.05) is 56.1 Å². The average Bonchev–Trinajstić information content (AvgIpc) is 3.09. The van der Waals surface area contributed by atoms with Crippen molar-refractivity contribution in [3.8, 4) is 17.2 Å². The molecule has 0 aliphatic carbocycles. The van der Waals surface area contributed by atoms with Gasteiger partial charge < -0.3 is 20.7 Å². The fourth-order valence-corrected chi connectivity index (χ4v) is 5.61. The topological polar surface area (TPSA) is 117 Å². The summed E-state index contributed by atoms with van der Waals surface area (Å²) in [5.74, 6) is 0.629. The first-order valence-corrected chi connectivity index (χ1v) is 12.9. The average molecular weight is 531 g/mol. The van der Waals surface area contributed by atoms with Crippen molar-refractivity contribution in [3.63, 3.8) is 0 Å². The number of nitrogens with zero attached hydrogens (tertiary/aromatic N) is 4. The number of nitrogen functional groups attached to an aromatic ring is 1. The van der Waals surface area contributed by atoms with Crippen LogP contribution in [0.3, 0.4) is 0 Å². The standard InChI is InChI=1S/C26H32Cl2N6O2/c1-15-22(32-19(35)12-25(2,3)4)26(14-36-15)8-10-34(11-9-26)24-31-18(13-29)20(23(30)33-24)16-6-5-7-17(27)21(16)28/h5-7,15,22H,8-12,14H2,1-4H3,(H,32,35)(H2,30,31,33)/t15-,22+/m0/s1. The van der Waals surface area contributed by atoms with Gasteiger partial charge in [-0.05, 0) is 31.2 Å². The van der Waals surface area contributed by atoms with Gasteiger partial charge in [0, 0.05) is 30.5 Å². The van der Waals surface area contributed by atoms with Gasteiger partial charge in [-0.2, -0.15) is 10.2 Å². The predicted octanol–water partition coefficient (Wildman–Crippen LogP) is 4.83. The van der Waals surface area contributed by atoms with Gasteiger partial charge in [-0.3, -0.25) is 4.79 Å². The molecule has 1 spiro atoms. The highest BCUT2D eigenvalue weighted by atomic mass is 35.5. The van der Waals surface area contributed by atoms with E-state index in [0.29, 0.717) is 53.2 Å². The van der Waals surface area contributed by atoms with E-state index in [2.05, 4.69) is 42.1 Å². The molecule has 0 radical (unpaired) electrons. The zero-order valence-electron chi connectivity index (χ0n) is 21.1. The van der Waals surface area contributed by atoms with Crippen LogP contribution in [0.25, 0.3) is 11.1 Å². The molecule has 0 bridgehead atoms. The van der Waals surface area contributed by atoms with E-state index in [4.69, 9.17) is 33.7 Å². The quantitative estimate of drug-likeness (QED) is 0.580. The molecule has 1 aromatic heterocycles. The highest BCUT2D eigenvalue weighted by Gasteiger charge is 2.50. The molecule has 3 N–H and O–H groups in total. The maximum absolute atomic E-state index is 12.7. The number of carbonyl (C=O) groups is 1. The van der Waals surface area contributed by atoms with Crippen molar-refractivity contribution < 1.29 is 9.53 Å². The third-order valence-corrected chi connectivity index (χ3v) is 7.88. The van der Waals surface area contributed by atoms with Crippen LogP contribution in [0.2, 0.25) is 10.0 Å². The molecule has 0 saturated carbocycles. The largest absolute Gasteiger partial charge is 0.383 e. The molecular formula is C26H32Cl2N6O2. The Morgan fingerprint density at radius 2 is 2.00 bits per heavy atom. The molecule has 192 valence electrons. The SMILES string of the molecule is C[C@@H]1OCC2(CCN(c3nc(N)c(-c4cccc(Cl)c4Cl)c(C#N)n3)CC2)[C@@H]1NC(=O)CC(C)(C)C. The molecule has 1 aromatic carbocycles. The van der Waals surface area contributed by atoms with Gasteiger partial charge in [0.1, 0.15) is 11.9 Å². The van der Waals surface area contributed by atoms with E-state index in [1.165, 1.54) is 0 Å². The summed E-state index contributed by atoms with van der Waals surface area (Å²) in [5, 5.41) is 13.8. The molecular weight excluding hydrogens is 499 g/mol. The van der Waals surface area contributed by atoms with Crippen molar-refractivity contribution in [1.82, 2.24) is 15.3 Å². The van der Waals surface area contributed by atoms with Gasteiger partial charge in [-0.25, -0.2) is 4.98 Å². The highest BCUT2D eigenvalue weighted by molar-refractivity contribution is 6.43. The van der Waals surface area contributed by atoms with Crippen molar-refractivity contribution in [2.75, 3.05) is 30.3 Å². The van der Waals surface area contributed by atoms with Crippen molar-refractivity contribution in [2.45, 2.75) is 59.1 Å². The van der Waals surface area contributed by atoms with Crippen LogP contribution in [0.4, 0.5) is 11.8 Å². The highest BCUT2D eigenvalue weighted by Crippen LogP contribution is 2.44. The molecule has 2 fully saturated rings. The number of hydrogen-bond acceptors (Lipinski definition) is 7. The van der Waals surface area contributed by atoms with E-state index >= 15 is 0 Å². The minimum absolute atomic E-state index is 0.0525. The van der Waals surface area contributed by atoms with E-state index in [1.54, 1.807) is 18.2 Å². The number of hydrogen-bond donors (Lipinski definition) is 2. The Labute approximate surface area is 222 Å². The monoisotopic (exact) mass is 530 g/mol. The summed E-state index contributed by atoms with van der Waals surface area (Å²) in [5.41, 5.74) is 7.13. The molecule has 2 aromatic rings. The van der Waals surface area contributed by atoms with Crippen LogP contribution in [0, 0.1) is 22.2 Å². The number of ether oxygens (including phenoxy) is 1. The van der Waals surface area contributed by atoms with E-state index in [-0.39, 0.29) is 40.4 Å². The molecule has 2 aliphatic heterocycles. The van der Waals surface area contributed by atoms with Gasteiger partial charge in [0.25, 0.3) is 0 Å². The number of amides is 1. The number of carbonyl (C=O) groups excluding carboxylic acids is 1. The number of piperidine rings is 1. The molecule has 1 amide bonds. The molecule has 4 rings (SSSR count). The van der Waals surface area contributed by atoms with Crippen molar-refractivity contribution in [3.05, 3.63) is 33.9 Å². The maximum Gasteiger partial charge on any atom is 0.228 e. The number of halogens is 2. The molecule has 8 nitrogen and oxygen atoms in total. The lowest BCUT2D eigenvalue weighted by Crippen LogP contribution is -2.54. The first-order valence-electron chi connectivity index (χ1n) is 12.1. The Morgan fingerprint density at radius 3 is 2.64 bits per heavy atom. The van der Waals surface area contributed by atoms with Gasteiger partial charge >= 0.3 is 0 Å². The van der Waals surface area contributed by atoms with Crippen molar-refractivity contribution >= 4 is 40.9 Å². The summed E-state index contributed by atoms with van der Waals surface area (Å²) in [6, 6.07) is 7.23. The van der Waals surface area contributed by atoms with Crippen molar-refractivity contribution in [2.24, 2.45) is 10.8 Å². The lowest BCUT2D eigenvalue weighted by molar-refractivity contribution is -0.124. The zero-order chi connectivity index (χ0) is 26.3. The van der Waals surface area contributed by atoms with E-state index < -0.39 is 0 Å². The van der Waals surface area contributed by atoms with Crippen LogP contribution in [-0.4, -0.2) is 47.7 Å². The Morgan fingerprint density at radius 1 is 1.31 bits per heavy atom. The summed E-state index contributed by atoms with van der Waals surface area (Å²) < 4.78 is 6.02. The lowest BCUT2D eigenvalue weighted by Gasteiger charge is -2.42. The fraction of sp³-hybridized carbons (Fsp3) is 0.538. The molecule has 2 aliphatic rings. The van der Waals surface area contributed by atoms with E-state index in [1.807, 2.05) is 11.8 Å². The maximum atomic E-state index is 12.7. The first-order chi connectivity index (χ1) is 16.9. The second kappa shape index (κ2) is 10.0. The third-order valence-electron chi connectivity index (χ3n) is 7.06. The van der Waals surface area contributed by atoms with E-state index in [9.17, 15) is 10.1 Å². The summed E-state index contributed by atoms with van der Waals surface area (Å²) in [6.45, 7) is 10.1. The third kappa shape index (κ3) is 5.24. The molecule has 36 heavy (non-hydrogen) atoms. The Balaban J connectivity index is 1.54. The molecule has 2 atom stereocenters. The second-order valence-corrected chi connectivity index (χ2v) is 11.8.